The Kier molecular flexibility index (Phi) is 4.58. The van der Waals surface area contributed by atoms with Crippen molar-refractivity contribution in [1.29, 1.82) is 0 Å². The Bertz CT molecular complexity index is 314. The molecular formula is C13H22N2O3. The molecule has 5 nitrogen and oxygen atoms in total. The van der Waals surface area contributed by atoms with Crippen molar-refractivity contribution in [2.45, 2.75) is 45.1 Å². The zero-order valence-corrected chi connectivity index (χ0v) is 11.0. The number of oxime groups is 1. The number of hydrogen-bond donors (Lipinski definition) is 1. The lowest BCUT2D eigenvalue weighted by molar-refractivity contribution is -0.134. The molecule has 1 amide bonds. The molecule has 0 bridgehead atoms. The lowest BCUT2D eigenvalue weighted by Crippen LogP contribution is -2.41. The second kappa shape index (κ2) is 6.18. The van der Waals surface area contributed by atoms with Crippen LogP contribution in [0.25, 0.3) is 0 Å². The molecule has 1 aliphatic carbocycles. The molecule has 0 spiro atoms. The molecule has 0 aromatic heterocycles. The van der Waals surface area contributed by atoms with Gasteiger partial charge in [-0.05, 0) is 25.7 Å². The van der Waals surface area contributed by atoms with Crippen molar-refractivity contribution < 1.29 is 14.7 Å². The Morgan fingerprint density at radius 2 is 2.11 bits per heavy atom. The zero-order chi connectivity index (χ0) is 13.0. The first-order valence-electron chi connectivity index (χ1n) is 6.82. The Labute approximate surface area is 108 Å². The van der Waals surface area contributed by atoms with E-state index in [1.807, 2.05) is 11.8 Å². The van der Waals surface area contributed by atoms with Crippen LogP contribution in [0, 0.1) is 5.92 Å². The predicted molar refractivity (Wildman–Crippen MR) is 67.8 cm³/mol. The smallest absolute Gasteiger partial charge is 0.222 e. The van der Waals surface area contributed by atoms with E-state index in [0.29, 0.717) is 44.4 Å². The quantitative estimate of drug-likeness (QED) is 0.613. The zero-order valence-electron chi connectivity index (χ0n) is 11.0. The van der Waals surface area contributed by atoms with E-state index < -0.39 is 0 Å². The molecule has 1 N–H and O–H groups in total. The minimum Gasteiger partial charge on any atom is -0.411 e. The molecular weight excluding hydrogens is 232 g/mol. The van der Waals surface area contributed by atoms with Gasteiger partial charge in [0.2, 0.25) is 5.91 Å². The lowest BCUT2D eigenvalue weighted by Gasteiger charge is -2.36. The summed E-state index contributed by atoms with van der Waals surface area (Å²) in [5.41, 5.74) is 0.805. The van der Waals surface area contributed by atoms with Crippen LogP contribution in [0.3, 0.4) is 0 Å². The summed E-state index contributed by atoms with van der Waals surface area (Å²) in [5, 5.41) is 11.9. The van der Waals surface area contributed by atoms with Gasteiger partial charge in [-0.1, -0.05) is 5.16 Å². The third kappa shape index (κ3) is 3.22. The van der Waals surface area contributed by atoms with Crippen molar-refractivity contribution in [2.24, 2.45) is 11.1 Å². The first kappa shape index (κ1) is 13.3. The summed E-state index contributed by atoms with van der Waals surface area (Å²) in [7, 11) is 0. The molecule has 0 radical (unpaired) electrons. The van der Waals surface area contributed by atoms with E-state index in [1.165, 1.54) is 0 Å². The molecule has 2 aliphatic rings. The second-order valence-corrected chi connectivity index (χ2v) is 5.17. The second-order valence-electron chi connectivity index (χ2n) is 5.17. The van der Waals surface area contributed by atoms with Crippen LogP contribution < -0.4 is 0 Å². The number of carbonyl (C=O) groups is 1. The summed E-state index contributed by atoms with van der Waals surface area (Å²) in [6.07, 6.45) is 4.48. The van der Waals surface area contributed by atoms with Crippen LogP contribution in [0.5, 0.6) is 0 Å². The van der Waals surface area contributed by atoms with Crippen molar-refractivity contribution in [3.8, 4) is 0 Å². The summed E-state index contributed by atoms with van der Waals surface area (Å²) in [5.74, 6) is 0.744. The predicted octanol–water partition coefficient (Wildman–Crippen LogP) is 1.64. The number of rotatable bonds is 4. The van der Waals surface area contributed by atoms with Gasteiger partial charge >= 0.3 is 0 Å². The highest BCUT2D eigenvalue weighted by atomic mass is 16.5. The number of likely N-dealkylation sites (tertiary alicyclic amines) is 1. The van der Waals surface area contributed by atoms with E-state index in [2.05, 4.69) is 5.16 Å². The average molecular weight is 254 g/mol. The van der Waals surface area contributed by atoms with Gasteiger partial charge in [-0.15, -0.1) is 0 Å². The number of ether oxygens (including phenoxy) is 1. The van der Waals surface area contributed by atoms with Crippen molar-refractivity contribution in [3.63, 3.8) is 0 Å². The van der Waals surface area contributed by atoms with Crippen LogP contribution in [0.1, 0.15) is 39.0 Å². The van der Waals surface area contributed by atoms with Gasteiger partial charge in [0.15, 0.2) is 0 Å². The molecule has 1 aliphatic heterocycles. The fourth-order valence-corrected chi connectivity index (χ4v) is 2.70. The largest absolute Gasteiger partial charge is 0.411 e. The highest BCUT2D eigenvalue weighted by Crippen LogP contribution is 2.33. The molecule has 18 heavy (non-hydrogen) atoms. The van der Waals surface area contributed by atoms with Crippen molar-refractivity contribution in [3.05, 3.63) is 0 Å². The molecule has 0 unspecified atom stereocenters. The van der Waals surface area contributed by atoms with Crippen molar-refractivity contribution in [2.75, 3.05) is 19.7 Å². The third-order valence-corrected chi connectivity index (χ3v) is 3.89. The molecule has 0 atom stereocenters. The van der Waals surface area contributed by atoms with E-state index >= 15 is 0 Å². The minimum absolute atomic E-state index is 0.243. The van der Waals surface area contributed by atoms with Gasteiger partial charge in [0.25, 0.3) is 0 Å². The van der Waals surface area contributed by atoms with Crippen LogP contribution in [0.15, 0.2) is 5.16 Å². The number of nitrogens with zero attached hydrogens (tertiary/aromatic N) is 2. The van der Waals surface area contributed by atoms with Gasteiger partial charge in [0, 0.05) is 39.0 Å². The van der Waals surface area contributed by atoms with Gasteiger partial charge in [-0.3, -0.25) is 4.79 Å². The number of hydrogen-bond acceptors (Lipinski definition) is 4. The maximum atomic E-state index is 12.0. The molecule has 2 rings (SSSR count). The molecule has 0 aromatic carbocycles. The molecule has 0 aromatic rings. The van der Waals surface area contributed by atoms with E-state index in [-0.39, 0.29) is 5.91 Å². The molecule has 1 saturated carbocycles. The topological polar surface area (TPSA) is 62.1 Å². The van der Waals surface area contributed by atoms with Gasteiger partial charge in [-0.2, -0.15) is 0 Å². The monoisotopic (exact) mass is 254 g/mol. The first-order chi connectivity index (χ1) is 8.72. The Morgan fingerprint density at radius 1 is 1.44 bits per heavy atom. The molecule has 5 heteroatoms. The van der Waals surface area contributed by atoms with Gasteiger partial charge in [0.05, 0.1) is 11.8 Å². The standard InChI is InChI=1S/C13H22N2O3/c1-2-18-12-7-10(8-12)9-13(16)15-5-3-11(14-17)4-6-15/h10,12,17H,2-9H2,1H3. The molecule has 1 heterocycles. The Balaban J connectivity index is 1.67. The molecule has 1 saturated heterocycles. The van der Waals surface area contributed by atoms with Crippen LogP contribution in [0.4, 0.5) is 0 Å². The maximum absolute atomic E-state index is 12.0. The number of carbonyl (C=O) groups excluding carboxylic acids is 1. The van der Waals surface area contributed by atoms with E-state index in [9.17, 15) is 4.79 Å². The first-order valence-corrected chi connectivity index (χ1v) is 6.82. The number of piperidine rings is 1. The van der Waals surface area contributed by atoms with E-state index in [1.54, 1.807) is 0 Å². The fraction of sp³-hybridized carbons (Fsp3) is 0.846. The summed E-state index contributed by atoms with van der Waals surface area (Å²) in [6, 6.07) is 0. The third-order valence-electron chi connectivity index (χ3n) is 3.89. The lowest BCUT2D eigenvalue weighted by atomic mass is 9.79. The van der Waals surface area contributed by atoms with Gasteiger partial charge in [-0.25, -0.2) is 0 Å². The van der Waals surface area contributed by atoms with Crippen molar-refractivity contribution in [1.82, 2.24) is 4.90 Å². The van der Waals surface area contributed by atoms with E-state index in [0.717, 1.165) is 25.2 Å². The Hall–Kier alpha value is -1.10. The highest BCUT2D eigenvalue weighted by Gasteiger charge is 2.32. The van der Waals surface area contributed by atoms with Crippen LogP contribution in [0.2, 0.25) is 0 Å². The summed E-state index contributed by atoms with van der Waals surface area (Å²) in [6.45, 7) is 4.16. The normalized spacial score (nSPS) is 27.8. The fourth-order valence-electron chi connectivity index (χ4n) is 2.70. The van der Waals surface area contributed by atoms with Crippen LogP contribution >= 0.6 is 0 Å². The highest BCUT2D eigenvalue weighted by molar-refractivity contribution is 5.87. The molecule has 2 fully saturated rings. The minimum atomic E-state index is 0.243. The van der Waals surface area contributed by atoms with Gasteiger partial charge in [0.1, 0.15) is 0 Å². The summed E-state index contributed by atoms with van der Waals surface area (Å²) >= 11 is 0. The number of amides is 1. The summed E-state index contributed by atoms with van der Waals surface area (Å²) in [4.78, 5) is 13.9. The summed E-state index contributed by atoms with van der Waals surface area (Å²) < 4.78 is 5.50. The van der Waals surface area contributed by atoms with Crippen LogP contribution in [-0.4, -0.2) is 47.5 Å². The average Bonchev–Trinajstić information content (AvgIpc) is 2.36. The van der Waals surface area contributed by atoms with Gasteiger partial charge < -0.3 is 14.8 Å². The van der Waals surface area contributed by atoms with Crippen LogP contribution in [-0.2, 0) is 9.53 Å². The van der Waals surface area contributed by atoms with E-state index in [4.69, 9.17) is 9.94 Å². The molecule has 102 valence electrons. The maximum Gasteiger partial charge on any atom is 0.222 e. The van der Waals surface area contributed by atoms with Crippen molar-refractivity contribution >= 4 is 11.6 Å². The Morgan fingerprint density at radius 3 is 2.67 bits per heavy atom. The SMILES string of the molecule is CCOC1CC(CC(=O)N2CCC(=NO)CC2)C1.